The molecule has 8 heteroatoms. The molecule has 7 nitrogen and oxygen atoms in total. The van der Waals surface area contributed by atoms with Gasteiger partial charge in [-0.15, -0.1) is 11.3 Å². The average Bonchev–Trinajstić information content (AvgIpc) is 3.56. The van der Waals surface area contributed by atoms with Crippen molar-refractivity contribution in [2.45, 2.75) is 39.1 Å². The fourth-order valence-electron chi connectivity index (χ4n) is 3.70. The molecule has 0 radical (unpaired) electrons. The zero-order chi connectivity index (χ0) is 24.8. The molecule has 1 unspecified atom stereocenters. The largest absolute Gasteiger partial charge is 0.487 e. The lowest BCUT2D eigenvalue weighted by molar-refractivity contribution is -0.107. The second kappa shape index (κ2) is 11.1. The summed E-state index contributed by atoms with van der Waals surface area (Å²) in [5, 5.41) is 13.9. The molecule has 4 rings (SSSR count). The minimum absolute atomic E-state index is 0.183. The van der Waals surface area contributed by atoms with Crippen molar-refractivity contribution in [1.29, 1.82) is 0 Å². The number of para-hydroxylation sites is 1. The summed E-state index contributed by atoms with van der Waals surface area (Å²) in [5.41, 5.74) is 2.49. The Balaban J connectivity index is 1.53. The highest BCUT2D eigenvalue weighted by Gasteiger charge is 2.29. The van der Waals surface area contributed by atoms with Gasteiger partial charge in [0.15, 0.2) is 6.23 Å². The van der Waals surface area contributed by atoms with E-state index in [4.69, 9.17) is 9.15 Å². The number of furan rings is 1. The Hall–Kier alpha value is -3.75. The molecule has 35 heavy (non-hydrogen) atoms. The monoisotopic (exact) mass is 490 g/mol. The summed E-state index contributed by atoms with van der Waals surface area (Å²) in [6, 6.07) is 17.6. The highest BCUT2D eigenvalue weighted by atomic mass is 32.1. The number of hydrogen-bond donors (Lipinski definition) is 1. The Morgan fingerprint density at radius 2 is 1.91 bits per heavy atom. The third-order valence-electron chi connectivity index (χ3n) is 5.42. The maximum atomic E-state index is 13.4. The second-order valence-electron chi connectivity index (χ2n) is 8.16. The minimum atomic E-state index is -1.22. The number of hydrogen-bond acceptors (Lipinski definition) is 7. The molecule has 0 bridgehead atoms. The van der Waals surface area contributed by atoms with Crippen LogP contribution in [-0.4, -0.2) is 33.2 Å². The van der Waals surface area contributed by atoms with Gasteiger partial charge in [0.05, 0.1) is 18.4 Å². The Kier molecular flexibility index (Phi) is 7.74. The van der Waals surface area contributed by atoms with E-state index >= 15 is 0 Å². The number of carbonyl (C=O) groups is 2. The summed E-state index contributed by atoms with van der Waals surface area (Å²) in [7, 11) is 0. The number of nitrogens with zero attached hydrogens (tertiary/aromatic N) is 2. The Morgan fingerprint density at radius 3 is 2.60 bits per heavy atom. The molecule has 0 fully saturated rings. The highest BCUT2D eigenvalue weighted by Crippen LogP contribution is 2.31. The van der Waals surface area contributed by atoms with Gasteiger partial charge >= 0.3 is 0 Å². The van der Waals surface area contributed by atoms with Crippen LogP contribution in [0.5, 0.6) is 5.75 Å². The molecule has 0 aliphatic carbocycles. The first kappa shape index (κ1) is 24.4. The molecule has 2 heterocycles. The van der Waals surface area contributed by atoms with Gasteiger partial charge < -0.3 is 24.0 Å². The lowest BCUT2D eigenvalue weighted by atomic mass is 10.1. The summed E-state index contributed by atoms with van der Waals surface area (Å²) in [5.74, 6) is 0.872. The van der Waals surface area contributed by atoms with Crippen LogP contribution < -0.4 is 4.74 Å². The molecule has 2 aromatic carbocycles. The number of carbonyl (C=O) groups excluding carboxylic acids is 2. The van der Waals surface area contributed by atoms with Crippen molar-refractivity contribution in [2.75, 3.05) is 0 Å². The predicted molar refractivity (Wildman–Crippen MR) is 133 cm³/mol. The van der Waals surface area contributed by atoms with E-state index in [-0.39, 0.29) is 25.0 Å². The molecular formula is C27H26N2O5S. The third kappa shape index (κ3) is 5.67. The van der Waals surface area contributed by atoms with Crippen LogP contribution in [0.3, 0.4) is 0 Å². The molecule has 1 atom stereocenters. The summed E-state index contributed by atoms with van der Waals surface area (Å²) in [4.78, 5) is 29.9. The van der Waals surface area contributed by atoms with E-state index in [1.54, 1.807) is 42.7 Å². The number of amides is 1. The van der Waals surface area contributed by atoms with E-state index in [1.165, 1.54) is 16.2 Å². The van der Waals surface area contributed by atoms with Gasteiger partial charge in [-0.3, -0.25) is 4.79 Å². The number of aliphatic hydroxyl groups excluding tert-OH is 1. The maximum absolute atomic E-state index is 13.4. The van der Waals surface area contributed by atoms with Crippen molar-refractivity contribution in [2.24, 2.45) is 0 Å². The van der Waals surface area contributed by atoms with Gasteiger partial charge in [0.1, 0.15) is 29.4 Å². The third-order valence-corrected chi connectivity index (χ3v) is 6.34. The summed E-state index contributed by atoms with van der Waals surface area (Å²) >= 11 is 1.40. The second-order valence-corrected chi connectivity index (χ2v) is 9.11. The Morgan fingerprint density at radius 1 is 1.14 bits per heavy atom. The fraction of sp³-hybridized carbons (Fsp3) is 0.222. The van der Waals surface area contributed by atoms with Gasteiger partial charge in [-0.2, -0.15) is 0 Å². The molecule has 1 amide bonds. The molecule has 0 saturated carbocycles. The number of ether oxygens (including phenoxy) is 1. The van der Waals surface area contributed by atoms with Crippen molar-refractivity contribution >= 4 is 23.5 Å². The smallest absolute Gasteiger partial charge is 0.256 e. The van der Waals surface area contributed by atoms with Gasteiger partial charge in [0, 0.05) is 28.1 Å². The number of aliphatic hydroxyl groups is 1. The highest BCUT2D eigenvalue weighted by molar-refractivity contribution is 7.09. The lowest BCUT2D eigenvalue weighted by Crippen LogP contribution is -2.40. The molecule has 180 valence electrons. The number of benzene rings is 2. The van der Waals surface area contributed by atoms with Crippen molar-refractivity contribution in [3.8, 4) is 17.1 Å². The quantitative estimate of drug-likeness (QED) is 0.241. The van der Waals surface area contributed by atoms with Crippen LogP contribution in [0.2, 0.25) is 0 Å². The Labute approximate surface area is 207 Å². The van der Waals surface area contributed by atoms with Gasteiger partial charge in [0.2, 0.25) is 0 Å². The normalized spacial score (nSPS) is 11.9. The minimum Gasteiger partial charge on any atom is -0.487 e. The molecule has 1 N–H and O–H groups in total. The number of rotatable bonds is 10. The number of aldehydes is 1. The van der Waals surface area contributed by atoms with E-state index in [0.29, 0.717) is 28.3 Å². The predicted octanol–water partition coefficient (Wildman–Crippen LogP) is 5.27. The molecule has 0 aliphatic rings. The van der Waals surface area contributed by atoms with Crippen LogP contribution in [0.25, 0.3) is 11.3 Å². The molecular weight excluding hydrogens is 464 g/mol. The van der Waals surface area contributed by atoms with E-state index in [0.717, 1.165) is 16.9 Å². The van der Waals surface area contributed by atoms with Crippen molar-refractivity contribution in [3.05, 3.63) is 94.1 Å². The molecule has 0 saturated heterocycles. The van der Waals surface area contributed by atoms with E-state index in [1.807, 2.05) is 43.5 Å². The topological polar surface area (TPSA) is 92.9 Å². The first-order chi connectivity index (χ1) is 17.0. The fourth-order valence-corrected chi connectivity index (χ4v) is 4.43. The molecule has 0 spiro atoms. The van der Waals surface area contributed by atoms with Crippen LogP contribution in [0.1, 0.15) is 46.7 Å². The standard InChI is InChI=1S/C27H26N2O5S/c1-18(2)29(26(31)20-11-9-19(10-12-20)23-8-5-15-33-23)27(32)22-6-3-4-7-24(22)34-16-21-17-35-25(28-21)13-14-30/h3-12,14-15,17-18,27,32H,13,16H2,1-2H3. The number of aromatic nitrogens is 1. The van der Waals surface area contributed by atoms with Gasteiger partial charge in [-0.1, -0.05) is 30.3 Å². The van der Waals surface area contributed by atoms with Crippen LogP contribution in [0.15, 0.2) is 76.7 Å². The van der Waals surface area contributed by atoms with Gasteiger partial charge in [0.25, 0.3) is 5.91 Å². The van der Waals surface area contributed by atoms with Gasteiger partial charge in [-0.05, 0) is 44.2 Å². The summed E-state index contributed by atoms with van der Waals surface area (Å²) in [6.45, 7) is 3.89. The molecule has 0 aliphatic heterocycles. The van der Waals surface area contributed by atoms with Crippen LogP contribution in [0, 0.1) is 0 Å². The average molecular weight is 491 g/mol. The van der Waals surface area contributed by atoms with E-state index in [9.17, 15) is 14.7 Å². The zero-order valence-electron chi connectivity index (χ0n) is 19.5. The molecule has 2 aromatic heterocycles. The first-order valence-corrected chi connectivity index (χ1v) is 12.1. The first-order valence-electron chi connectivity index (χ1n) is 11.2. The zero-order valence-corrected chi connectivity index (χ0v) is 20.3. The van der Waals surface area contributed by atoms with Crippen molar-refractivity contribution in [1.82, 2.24) is 9.88 Å². The lowest BCUT2D eigenvalue weighted by Gasteiger charge is -2.32. The Bertz CT molecular complexity index is 1260. The van der Waals surface area contributed by atoms with Crippen molar-refractivity contribution in [3.63, 3.8) is 0 Å². The van der Waals surface area contributed by atoms with Crippen LogP contribution >= 0.6 is 11.3 Å². The van der Waals surface area contributed by atoms with E-state index in [2.05, 4.69) is 4.98 Å². The van der Waals surface area contributed by atoms with Crippen LogP contribution in [-0.2, 0) is 17.8 Å². The van der Waals surface area contributed by atoms with Crippen LogP contribution in [0.4, 0.5) is 0 Å². The van der Waals surface area contributed by atoms with Gasteiger partial charge in [-0.25, -0.2) is 4.98 Å². The van der Waals surface area contributed by atoms with Crippen molar-refractivity contribution < 1.29 is 23.8 Å². The van der Waals surface area contributed by atoms with E-state index < -0.39 is 6.23 Å². The summed E-state index contributed by atoms with van der Waals surface area (Å²) < 4.78 is 11.4. The molecule has 4 aromatic rings. The SMILES string of the molecule is CC(C)N(C(=O)c1ccc(-c2ccco2)cc1)C(O)c1ccccc1OCc1csc(CC=O)n1. The maximum Gasteiger partial charge on any atom is 0.256 e. The summed E-state index contributed by atoms with van der Waals surface area (Å²) in [6.07, 6.45) is 1.47. The number of thiazole rings is 1.